The number of amides is 1. The molecule has 0 N–H and O–H groups in total. The molecule has 4 nitrogen and oxygen atoms in total. The van der Waals surface area contributed by atoms with Crippen molar-refractivity contribution in [3.05, 3.63) is 48.6 Å². The highest BCUT2D eigenvalue weighted by Gasteiger charge is 2.16. The lowest BCUT2D eigenvalue weighted by Crippen LogP contribution is -2.36. The zero-order valence-electron chi connectivity index (χ0n) is 11.9. The molecule has 1 aromatic rings. The molecule has 0 radical (unpaired) electrons. The molecule has 0 aliphatic heterocycles. The Balaban J connectivity index is 2.51. The van der Waals surface area contributed by atoms with Gasteiger partial charge in [-0.05, 0) is 18.9 Å². The third kappa shape index (κ3) is 5.69. The molecule has 0 spiro atoms. The van der Waals surface area contributed by atoms with Crippen LogP contribution < -0.4 is 0 Å². The molecule has 0 fully saturated rings. The molecule has 0 saturated heterocycles. The molecule has 0 saturated carbocycles. The standard InChI is InChI=1S/C16H21NO3/c1-3-12-17(13-16(19)20-4-2)15(18)11-10-14-8-6-5-7-9-14/h3,5-9H,1,4,10-13H2,2H3. The zero-order valence-corrected chi connectivity index (χ0v) is 11.9. The minimum absolute atomic E-state index is 0.0204. The normalized spacial score (nSPS) is 9.85. The third-order valence-electron chi connectivity index (χ3n) is 2.80. The van der Waals surface area contributed by atoms with Crippen LogP contribution in [0.25, 0.3) is 0 Å². The van der Waals surface area contributed by atoms with Crippen LogP contribution in [0.1, 0.15) is 18.9 Å². The van der Waals surface area contributed by atoms with Gasteiger partial charge in [-0.3, -0.25) is 9.59 Å². The van der Waals surface area contributed by atoms with Gasteiger partial charge in [0.25, 0.3) is 0 Å². The van der Waals surface area contributed by atoms with E-state index in [4.69, 9.17) is 4.74 Å². The number of benzene rings is 1. The highest BCUT2D eigenvalue weighted by molar-refractivity contribution is 5.82. The van der Waals surface area contributed by atoms with E-state index in [1.807, 2.05) is 30.3 Å². The van der Waals surface area contributed by atoms with Crippen molar-refractivity contribution in [2.45, 2.75) is 19.8 Å². The molecule has 1 aromatic carbocycles. The summed E-state index contributed by atoms with van der Waals surface area (Å²) in [7, 11) is 0. The third-order valence-corrected chi connectivity index (χ3v) is 2.80. The van der Waals surface area contributed by atoms with E-state index >= 15 is 0 Å². The van der Waals surface area contributed by atoms with Gasteiger partial charge in [0.2, 0.25) is 5.91 Å². The first kappa shape index (κ1) is 16.0. The minimum Gasteiger partial charge on any atom is -0.465 e. The molecule has 1 amide bonds. The van der Waals surface area contributed by atoms with Crippen molar-refractivity contribution in [2.24, 2.45) is 0 Å². The number of carbonyl (C=O) groups is 2. The second kappa shape index (κ2) is 8.91. The van der Waals surface area contributed by atoms with Crippen LogP contribution >= 0.6 is 0 Å². The maximum absolute atomic E-state index is 12.1. The first-order chi connectivity index (χ1) is 9.67. The van der Waals surface area contributed by atoms with Gasteiger partial charge in [0, 0.05) is 13.0 Å². The summed E-state index contributed by atoms with van der Waals surface area (Å²) in [6, 6.07) is 9.79. The number of carbonyl (C=O) groups excluding carboxylic acids is 2. The van der Waals surface area contributed by atoms with Gasteiger partial charge in [0.15, 0.2) is 0 Å². The molecule has 1 rings (SSSR count). The summed E-state index contributed by atoms with van der Waals surface area (Å²) in [4.78, 5) is 25.0. The summed E-state index contributed by atoms with van der Waals surface area (Å²) in [6.45, 7) is 6.00. The fraction of sp³-hybridized carbons (Fsp3) is 0.375. The molecular formula is C16H21NO3. The average Bonchev–Trinajstić information content (AvgIpc) is 2.45. The maximum atomic E-state index is 12.1. The minimum atomic E-state index is -0.387. The van der Waals surface area contributed by atoms with Gasteiger partial charge in [0.05, 0.1) is 6.61 Å². The molecule has 0 aromatic heterocycles. The second-order valence-electron chi connectivity index (χ2n) is 4.35. The Morgan fingerprint density at radius 3 is 2.60 bits per heavy atom. The van der Waals surface area contributed by atoms with Crippen LogP contribution in [0.5, 0.6) is 0 Å². The van der Waals surface area contributed by atoms with Gasteiger partial charge in [0.1, 0.15) is 6.54 Å². The van der Waals surface area contributed by atoms with Crippen molar-refractivity contribution in [2.75, 3.05) is 19.7 Å². The summed E-state index contributed by atoms with van der Waals surface area (Å²) < 4.78 is 4.86. The lowest BCUT2D eigenvalue weighted by Gasteiger charge is -2.20. The molecule has 20 heavy (non-hydrogen) atoms. The average molecular weight is 275 g/mol. The highest BCUT2D eigenvalue weighted by Crippen LogP contribution is 2.05. The van der Waals surface area contributed by atoms with E-state index < -0.39 is 0 Å². The van der Waals surface area contributed by atoms with E-state index in [0.717, 1.165) is 5.56 Å². The largest absolute Gasteiger partial charge is 0.465 e. The Bertz CT molecular complexity index is 442. The van der Waals surface area contributed by atoms with E-state index in [0.29, 0.717) is 26.0 Å². The second-order valence-corrected chi connectivity index (χ2v) is 4.35. The van der Waals surface area contributed by atoms with E-state index in [-0.39, 0.29) is 18.4 Å². The van der Waals surface area contributed by atoms with Crippen LogP contribution in [0.2, 0.25) is 0 Å². The van der Waals surface area contributed by atoms with Crippen molar-refractivity contribution in [1.29, 1.82) is 0 Å². The van der Waals surface area contributed by atoms with Gasteiger partial charge in [-0.25, -0.2) is 0 Å². The van der Waals surface area contributed by atoms with Crippen molar-refractivity contribution in [3.8, 4) is 0 Å². The molecule has 0 unspecified atom stereocenters. The van der Waals surface area contributed by atoms with E-state index in [1.54, 1.807) is 13.0 Å². The number of rotatable bonds is 8. The topological polar surface area (TPSA) is 46.6 Å². The van der Waals surface area contributed by atoms with Gasteiger partial charge in [-0.15, -0.1) is 6.58 Å². The van der Waals surface area contributed by atoms with Crippen LogP contribution in [0.4, 0.5) is 0 Å². The van der Waals surface area contributed by atoms with Crippen LogP contribution in [-0.4, -0.2) is 36.5 Å². The quantitative estimate of drug-likeness (QED) is 0.540. The first-order valence-electron chi connectivity index (χ1n) is 6.75. The van der Waals surface area contributed by atoms with E-state index in [1.165, 1.54) is 4.90 Å². The SMILES string of the molecule is C=CCN(CC(=O)OCC)C(=O)CCc1ccccc1. The first-order valence-corrected chi connectivity index (χ1v) is 6.75. The van der Waals surface area contributed by atoms with E-state index in [9.17, 15) is 9.59 Å². The van der Waals surface area contributed by atoms with Crippen molar-refractivity contribution >= 4 is 11.9 Å². The molecule has 0 atom stereocenters. The van der Waals surface area contributed by atoms with Crippen LogP contribution in [-0.2, 0) is 20.7 Å². The van der Waals surface area contributed by atoms with Gasteiger partial charge in [-0.1, -0.05) is 36.4 Å². The van der Waals surface area contributed by atoms with Crippen LogP contribution in [0.15, 0.2) is 43.0 Å². The lowest BCUT2D eigenvalue weighted by molar-refractivity contribution is -0.148. The van der Waals surface area contributed by atoms with E-state index in [2.05, 4.69) is 6.58 Å². The van der Waals surface area contributed by atoms with Crippen LogP contribution in [0.3, 0.4) is 0 Å². The zero-order chi connectivity index (χ0) is 14.8. The number of hydrogen-bond donors (Lipinski definition) is 0. The maximum Gasteiger partial charge on any atom is 0.325 e. The molecule has 0 bridgehead atoms. The Labute approximate surface area is 120 Å². The highest BCUT2D eigenvalue weighted by atomic mass is 16.5. The summed E-state index contributed by atoms with van der Waals surface area (Å²) >= 11 is 0. The lowest BCUT2D eigenvalue weighted by atomic mass is 10.1. The molecule has 4 heteroatoms. The number of esters is 1. The number of nitrogens with zero attached hydrogens (tertiary/aromatic N) is 1. The van der Waals surface area contributed by atoms with Gasteiger partial charge >= 0.3 is 5.97 Å². The fourth-order valence-corrected chi connectivity index (χ4v) is 1.83. The molecule has 0 heterocycles. The predicted molar refractivity (Wildman–Crippen MR) is 78.2 cm³/mol. The van der Waals surface area contributed by atoms with Crippen LogP contribution in [0, 0.1) is 0 Å². The van der Waals surface area contributed by atoms with Gasteiger partial charge in [-0.2, -0.15) is 0 Å². The predicted octanol–water partition coefficient (Wildman–Crippen LogP) is 2.20. The number of aryl methyl sites for hydroxylation is 1. The number of ether oxygens (including phenoxy) is 1. The summed E-state index contributed by atoms with van der Waals surface area (Å²) in [5.41, 5.74) is 1.11. The van der Waals surface area contributed by atoms with Crippen molar-refractivity contribution < 1.29 is 14.3 Å². The molecule has 108 valence electrons. The smallest absolute Gasteiger partial charge is 0.325 e. The molecular weight excluding hydrogens is 254 g/mol. The summed E-state index contributed by atoms with van der Waals surface area (Å²) in [5.74, 6) is -0.454. The summed E-state index contributed by atoms with van der Waals surface area (Å²) in [5, 5.41) is 0. The molecule has 0 aliphatic rings. The monoisotopic (exact) mass is 275 g/mol. The van der Waals surface area contributed by atoms with Gasteiger partial charge < -0.3 is 9.64 Å². The van der Waals surface area contributed by atoms with Crippen molar-refractivity contribution in [3.63, 3.8) is 0 Å². The van der Waals surface area contributed by atoms with Crippen molar-refractivity contribution in [1.82, 2.24) is 4.90 Å². The Hall–Kier alpha value is -2.10. The number of hydrogen-bond acceptors (Lipinski definition) is 3. The Morgan fingerprint density at radius 2 is 2.00 bits per heavy atom. The molecule has 0 aliphatic carbocycles. The Morgan fingerprint density at radius 1 is 1.30 bits per heavy atom. The Kier molecular flexibility index (Phi) is 7.11. The summed E-state index contributed by atoms with van der Waals surface area (Å²) in [6.07, 6.45) is 2.65. The fourth-order valence-electron chi connectivity index (χ4n) is 1.83.